The molecular weight excluding hydrogens is 376 g/mol. The summed E-state index contributed by atoms with van der Waals surface area (Å²) in [5.74, 6) is 0.690. The van der Waals surface area contributed by atoms with Crippen LogP contribution in [0.5, 0.6) is 0 Å². The van der Waals surface area contributed by atoms with E-state index >= 15 is 0 Å². The van der Waals surface area contributed by atoms with Crippen LogP contribution in [0.15, 0.2) is 58.6 Å². The number of carbonyl (C=O) groups excluding carboxylic acids is 1. The molecule has 8 heteroatoms. The summed E-state index contributed by atoms with van der Waals surface area (Å²) in [5.41, 5.74) is 0.694. The number of nitrogens with zero attached hydrogens (tertiary/aromatic N) is 4. The highest BCUT2D eigenvalue weighted by Crippen LogP contribution is 2.36. The van der Waals surface area contributed by atoms with Crippen LogP contribution in [-0.2, 0) is 13.0 Å². The summed E-state index contributed by atoms with van der Waals surface area (Å²) in [6.07, 6.45) is 4.15. The zero-order valence-electron chi connectivity index (χ0n) is 15.1. The molecule has 0 N–H and O–H groups in total. The molecule has 0 saturated heterocycles. The first-order valence-corrected chi connectivity index (χ1v) is 9.93. The summed E-state index contributed by atoms with van der Waals surface area (Å²) in [4.78, 5) is 24.3. The van der Waals surface area contributed by atoms with E-state index in [1.165, 1.54) is 17.8 Å². The summed E-state index contributed by atoms with van der Waals surface area (Å²) in [5, 5.41) is 20.8. The summed E-state index contributed by atoms with van der Waals surface area (Å²) >= 11 is 1.23. The van der Waals surface area contributed by atoms with E-state index in [1.807, 2.05) is 10.6 Å². The minimum Gasteiger partial charge on any atom is -0.306 e. The van der Waals surface area contributed by atoms with Crippen LogP contribution in [0.3, 0.4) is 0 Å². The quantitative estimate of drug-likeness (QED) is 0.364. The van der Waals surface area contributed by atoms with Crippen LogP contribution in [0.25, 0.3) is 0 Å². The van der Waals surface area contributed by atoms with E-state index in [-0.39, 0.29) is 11.5 Å². The fraction of sp³-hybridized carbons (Fsp3) is 0.250. The number of fused-ring (bicyclic) bond motifs is 1. The number of aromatic nitrogens is 3. The normalized spacial score (nSPS) is 13.6. The van der Waals surface area contributed by atoms with Gasteiger partial charge < -0.3 is 4.57 Å². The first-order valence-electron chi connectivity index (χ1n) is 9.11. The molecule has 0 spiro atoms. The lowest BCUT2D eigenvalue weighted by Crippen LogP contribution is -2.04. The van der Waals surface area contributed by atoms with Crippen molar-refractivity contribution in [3.05, 3.63) is 75.6 Å². The van der Waals surface area contributed by atoms with Crippen molar-refractivity contribution in [1.82, 2.24) is 14.8 Å². The van der Waals surface area contributed by atoms with Gasteiger partial charge in [-0.2, -0.15) is 0 Å². The number of rotatable bonds is 5. The first-order chi connectivity index (χ1) is 13.6. The molecule has 4 rings (SSSR count). The first kappa shape index (κ1) is 18.4. The van der Waals surface area contributed by atoms with E-state index in [4.69, 9.17) is 0 Å². The van der Waals surface area contributed by atoms with Crippen molar-refractivity contribution in [2.24, 2.45) is 0 Å². The number of nitro benzene ring substituents is 1. The van der Waals surface area contributed by atoms with Crippen molar-refractivity contribution in [2.45, 2.75) is 42.3 Å². The molecule has 0 atom stereocenters. The highest BCUT2D eigenvalue weighted by atomic mass is 32.2. The zero-order chi connectivity index (χ0) is 19.5. The molecule has 0 radical (unpaired) electrons. The molecule has 2 heterocycles. The van der Waals surface area contributed by atoms with Crippen LogP contribution in [0, 0.1) is 10.1 Å². The van der Waals surface area contributed by atoms with Gasteiger partial charge in [-0.15, -0.1) is 10.2 Å². The van der Waals surface area contributed by atoms with Crippen LogP contribution < -0.4 is 0 Å². The molecule has 1 aliphatic heterocycles. The summed E-state index contributed by atoms with van der Waals surface area (Å²) < 4.78 is 2.05. The van der Waals surface area contributed by atoms with Crippen molar-refractivity contribution < 1.29 is 9.72 Å². The van der Waals surface area contributed by atoms with E-state index in [0.29, 0.717) is 21.2 Å². The Kier molecular flexibility index (Phi) is 5.21. The number of aryl methyl sites for hydroxylation is 1. The Labute approximate surface area is 165 Å². The molecule has 0 amide bonds. The number of hydrogen-bond acceptors (Lipinski definition) is 6. The van der Waals surface area contributed by atoms with Crippen molar-refractivity contribution in [3.8, 4) is 0 Å². The molecular formula is C20H18N4O3S. The number of ketones is 1. The second kappa shape index (κ2) is 7.93. The molecule has 7 nitrogen and oxygen atoms in total. The van der Waals surface area contributed by atoms with Gasteiger partial charge in [-0.25, -0.2) is 0 Å². The molecule has 0 bridgehead atoms. The molecule has 0 aliphatic carbocycles. The van der Waals surface area contributed by atoms with Crippen molar-refractivity contribution in [2.75, 3.05) is 0 Å². The van der Waals surface area contributed by atoms with Gasteiger partial charge in [0.05, 0.1) is 9.82 Å². The number of benzene rings is 2. The Morgan fingerprint density at radius 2 is 1.86 bits per heavy atom. The van der Waals surface area contributed by atoms with Gasteiger partial charge in [0, 0.05) is 30.2 Å². The van der Waals surface area contributed by atoms with Crippen LogP contribution in [0.2, 0.25) is 0 Å². The number of hydrogen-bond donors (Lipinski definition) is 0. The van der Waals surface area contributed by atoms with Gasteiger partial charge >= 0.3 is 0 Å². The van der Waals surface area contributed by atoms with Gasteiger partial charge in [-0.3, -0.25) is 14.9 Å². The van der Waals surface area contributed by atoms with Crippen LogP contribution in [0.4, 0.5) is 5.69 Å². The highest BCUT2D eigenvalue weighted by molar-refractivity contribution is 7.99. The van der Waals surface area contributed by atoms with Gasteiger partial charge in [-0.1, -0.05) is 36.8 Å². The topological polar surface area (TPSA) is 90.9 Å². The van der Waals surface area contributed by atoms with Gasteiger partial charge in [0.25, 0.3) is 5.69 Å². The predicted octanol–water partition coefficient (Wildman–Crippen LogP) is 4.29. The Bertz CT molecular complexity index is 1030. The Balaban J connectivity index is 1.66. The average Bonchev–Trinajstić information content (AvgIpc) is 2.94. The second-order valence-electron chi connectivity index (χ2n) is 6.60. The highest BCUT2D eigenvalue weighted by Gasteiger charge is 2.22. The van der Waals surface area contributed by atoms with E-state index in [2.05, 4.69) is 10.2 Å². The number of carbonyl (C=O) groups is 1. The van der Waals surface area contributed by atoms with Crippen LogP contribution in [-0.4, -0.2) is 25.5 Å². The molecule has 1 aromatic heterocycles. The van der Waals surface area contributed by atoms with Gasteiger partial charge in [0.15, 0.2) is 10.9 Å². The molecule has 3 aromatic rings. The standard InChI is InChI=1S/C20H18N4O3S/c25-19(14-7-3-1-4-8-14)15-10-11-17(16(13-15)24(26)27)28-20-22-21-18-9-5-2-6-12-23(18)20/h1,3-4,7-8,10-11,13H,2,5-6,9,12H2. The third kappa shape index (κ3) is 3.68. The zero-order valence-corrected chi connectivity index (χ0v) is 15.9. The predicted molar refractivity (Wildman–Crippen MR) is 105 cm³/mol. The minimum atomic E-state index is -0.455. The molecule has 0 unspecified atom stereocenters. The molecule has 0 saturated carbocycles. The molecule has 142 valence electrons. The van der Waals surface area contributed by atoms with E-state index in [1.54, 1.807) is 36.4 Å². The Morgan fingerprint density at radius 1 is 1.04 bits per heavy atom. The fourth-order valence-corrected chi connectivity index (χ4v) is 4.24. The average molecular weight is 394 g/mol. The lowest BCUT2D eigenvalue weighted by Gasteiger charge is -2.08. The van der Waals surface area contributed by atoms with Crippen molar-refractivity contribution in [3.63, 3.8) is 0 Å². The minimum absolute atomic E-state index is 0.0993. The SMILES string of the molecule is O=C(c1ccccc1)c1ccc(Sc2nnc3n2CCCCC3)c([N+](=O)[O-])c1. The Morgan fingerprint density at radius 3 is 2.64 bits per heavy atom. The summed E-state index contributed by atoms with van der Waals surface area (Å²) in [6.45, 7) is 0.822. The third-order valence-electron chi connectivity index (χ3n) is 4.73. The molecule has 28 heavy (non-hydrogen) atoms. The lowest BCUT2D eigenvalue weighted by atomic mass is 10.0. The molecule has 0 fully saturated rings. The largest absolute Gasteiger partial charge is 0.306 e. The van der Waals surface area contributed by atoms with Gasteiger partial charge in [0.1, 0.15) is 5.82 Å². The maximum atomic E-state index is 12.6. The smallest absolute Gasteiger partial charge is 0.284 e. The maximum absolute atomic E-state index is 12.6. The van der Waals surface area contributed by atoms with Gasteiger partial charge in [0.2, 0.25) is 0 Å². The lowest BCUT2D eigenvalue weighted by molar-refractivity contribution is -0.387. The fourth-order valence-electron chi connectivity index (χ4n) is 3.28. The van der Waals surface area contributed by atoms with Gasteiger partial charge in [-0.05, 0) is 36.7 Å². The maximum Gasteiger partial charge on any atom is 0.284 e. The van der Waals surface area contributed by atoms with Crippen LogP contribution >= 0.6 is 11.8 Å². The van der Waals surface area contributed by atoms with Crippen LogP contribution in [0.1, 0.15) is 41.0 Å². The Hall–Kier alpha value is -3.00. The van der Waals surface area contributed by atoms with E-state index in [9.17, 15) is 14.9 Å². The third-order valence-corrected chi connectivity index (χ3v) is 5.78. The summed E-state index contributed by atoms with van der Waals surface area (Å²) in [6, 6.07) is 13.3. The number of nitro groups is 1. The monoisotopic (exact) mass is 394 g/mol. The van der Waals surface area contributed by atoms with Crippen molar-refractivity contribution >= 4 is 23.2 Å². The summed E-state index contributed by atoms with van der Waals surface area (Å²) in [7, 11) is 0. The second-order valence-corrected chi connectivity index (χ2v) is 7.61. The molecule has 2 aromatic carbocycles. The van der Waals surface area contributed by atoms with E-state index in [0.717, 1.165) is 38.1 Å². The van der Waals surface area contributed by atoms with E-state index < -0.39 is 4.92 Å². The molecule has 1 aliphatic rings. The van der Waals surface area contributed by atoms with Crippen molar-refractivity contribution in [1.29, 1.82) is 0 Å².